The second-order valence-corrected chi connectivity index (χ2v) is 6.31. The maximum Gasteiger partial charge on any atom is 0.129 e. The summed E-state index contributed by atoms with van der Waals surface area (Å²) >= 11 is 0. The van der Waals surface area contributed by atoms with E-state index in [1.807, 2.05) is 95.9 Å². The number of hydrogen-bond donors (Lipinski definition) is 1. The van der Waals surface area contributed by atoms with Gasteiger partial charge in [0.15, 0.2) is 0 Å². The molecule has 0 aliphatic carbocycles. The van der Waals surface area contributed by atoms with Crippen molar-refractivity contribution in [3.05, 3.63) is 108 Å². The summed E-state index contributed by atoms with van der Waals surface area (Å²) in [5.74, 6) is 0. The van der Waals surface area contributed by atoms with E-state index < -0.39 is 12.1 Å². The minimum atomic E-state index is -0.867. The number of nitriles is 1. The van der Waals surface area contributed by atoms with Gasteiger partial charge in [-0.05, 0) is 16.7 Å². The van der Waals surface area contributed by atoms with Crippen LogP contribution in [0, 0.1) is 11.3 Å². The van der Waals surface area contributed by atoms with Crippen molar-refractivity contribution in [2.24, 2.45) is 0 Å². The van der Waals surface area contributed by atoms with Gasteiger partial charge in [-0.2, -0.15) is 5.26 Å². The molecule has 0 fully saturated rings. The normalized spacial score (nSPS) is 13.1. The molecule has 0 amide bonds. The summed E-state index contributed by atoms with van der Waals surface area (Å²) in [6, 6.07) is 31.2. The summed E-state index contributed by atoms with van der Waals surface area (Å²) in [5, 5.41) is 20.7. The first-order valence-electron chi connectivity index (χ1n) is 8.72. The lowest BCUT2D eigenvalue weighted by Crippen LogP contribution is -2.38. The van der Waals surface area contributed by atoms with E-state index in [1.54, 1.807) is 0 Å². The fourth-order valence-corrected chi connectivity index (χ4v) is 3.07. The SMILES string of the molecule is N#C[C@H]([C@@H](O)c1ccccc1)N(Cc1ccccc1)Cc1ccccc1. The van der Waals surface area contributed by atoms with Gasteiger partial charge < -0.3 is 5.11 Å². The fourth-order valence-electron chi connectivity index (χ4n) is 3.07. The smallest absolute Gasteiger partial charge is 0.129 e. The third-order valence-corrected chi connectivity index (χ3v) is 4.42. The second-order valence-electron chi connectivity index (χ2n) is 6.31. The Kier molecular flexibility index (Phi) is 6.16. The lowest BCUT2D eigenvalue weighted by molar-refractivity contribution is 0.0678. The molecule has 0 heterocycles. The van der Waals surface area contributed by atoms with Crippen molar-refractivity contribution >= 4 is 0 Å². The molecule has 0 radical (unpaired) electrons. The van der Waals surface area contributed by atoms with Crippen LogP contribution >= 0.6 is 0 Å². The first kappa shape index (κ1) is 17.9. The van der Waals surface area contributed by atoms with E-state index in [0.29, 0.717) is 13.1 Å². The summed E-state index contributed by atoms with van der Waals surface area (Å²) < 4.78 is 0. The zero-order chi connectivity index (χ0) is 18.2. The average molecular weight is 342 g/mol. The topological polar surface area (TPSA) is 47.3 Å². The second kappa shape index (κ2) is 8.96. The third kappa shape index (κ3) is 4.58. The van der Waals surface area contributed by atoms with Crippen molar-refractivity contribution in [3.8, 4) is 6.07 Å². The molecule has 1 N–H and O–H groups in total. The van der Waals surface area contributed by atoms with Crippen molar-refractivity contribution in [3.63, 3.8) is 0 Å². The Balaban J connectivity index is 1.88. The molecule has 3 aromatic carbocycles. The van der Waals surface area contributed by atoms with Crippen molar-refractivity contribution in [2.45, 2.75) is 25.2 Å². The van der Waals surface area contributed by atoms with Crippen molar-refractivity contribution < 1.29 is 5.11 Å². The molecule has 26 heavy (non-hydrogen) atoms. The van der Waals surface area contributed by atoms with Gasteiger partial charge in [0.2, 0.25) is 0 Å². The Morgan fingerprint density at radius 1 is 0.731 bits per heavy atom. The Morgan fingerprint density at radius 2 is 1.15 bits per heavy atom. The van der Waals surface area contributed by atoms with E-state index in [4.69, 9.17) is 0 Å². The fraction of sp³-hybridized carbons (Fsp3) is 0.174. The predicted molar refractivity (Wildman–Crippen MR) is 103 cm³/mol. The van der Waals surface area contributed by atoms with Crippen LogP contribution in [-0.2, 0) is 13.1 Å². The van der Waals surface area contributed by atoms with Crippen LogP contribution in [0.5, 0.6) is 0 Å². The number of nitrogens with zero attached hydrogens (tertiary/aromatic N) is 2. The molecule has 0 spiro atoms. The largest absolute Gasteiger partial charge is 0.386 e. The summed E-state index contributed by atoms with van der Waals surface area (Å²) in [4.78, 5) is 2.03. The minimum absolute atomic E-state index is 0.595. The van der Waals surface area contributed by atoms with E-state index in [1.165, 1.54) is 0 Å². The molecule has 2 atom stereocenters. The first-order valence-corrected chi connectivity index (χ1v) is 8.72. The van der Waals surface area contributed by atoms with Crippen molar-refractivity contribution in [1.29, 1.82) is 5.26 Å². The van der Waals surface area contributed by atoms with Crippen LogP contribution in [0.2, 0.25) is 0 Å². The molecule has 0 saturated heterocycles. The maximum absolute atomic E-state index is 10.8. The number of benzene rings is 3. The van der Waals surface area contributed by atoms with Crippen LogP contribution < -0.4 is 0 Å². The Labute approximate surface area is 154 Å². The zero-order valence-electron chi connectivity index (χ0n) is 14.6. The Bertz CT molecular complexity index is 787. The van der Waals surface area contributed by atoms with Gasteiger partial charge in [0.05, 0.1) is 6.07 Å². The highest BCUT2D eigenvalue weighted by molar-refractivity contribution is 5.23. The molecule has 0 saturated carbocycles. The number of aliphatic hydroxyl groups is 1. The van der Waals surface area contributed by atoms with Crippen LogP contribution in [0.4, 0.5) is 0 Å². The van der Waals surface area contributed by atoms with Gasteiger partial charge in [0.1, 0.15) is 12.1 Å². The van der Waals surface area contributed by atoms with Gasteiger partial charge in [-0.3, -0.25) is 4.90 Å². The highest BCUT2D eigenvalue weighted by Crippen LogP contribution is 2.24. The summed E-state index contributed by atoms with van der Waals surface area (Å²) in [5.41, 5.74) is 2.98. The number of rotatable bonds is 7. The van der Waals surface area contributed by atoms with Crippen LogP contribution in [0.25, 0.3) is 0 Å². The van der Waals surface area contributed by atoms with Gasteiger partial charge in [-0.1, -0.05) is 91.0 Å². The lowest BCUT2D eigenvalue weighted by atomic mass is 10.0. The zero-order valence-corrected chi connectivity index (χ0v) is 14.6. The average Bonchev–Trinajstić information content (AvgIpc) is 2.70. The molecule has 3 nitrogen and oxygen atoms in total. The van der Waals surface area contributed by atoms with E-state index in [-0.39, 0.29) is 0 Å². The highest BCUT2D eigenvalue weighted by Gasteiger charge is 2.27. The Morgan fingerprint density at radius 3 is 1.58 bits per heavy atom. The Hall–Kier alpha value is -2.93. The van der Waals surface area contributed by atoms with E-state index in [2.05, 4.69) is 6.07 Å². The van der Waals surface area contributed by atoms with Crippen molar-refractivity contribution in [2.75, 3.05) is 0 Å². The summed E-state index contributed by atoms with van der Waals surface area (Å²) in [6.45, 7) is 1.19. The van der Waals surface area contributed by atoms with Gasteiger partial charge in [0, 0.05) is 13.1 Å². The van der Waals surface area contributed by atoms with Gasteiger partial charge in [-0.25, -0.2) is 0 Å². The van der Waals surface area contributed by atoms with Crippen LogP contribution in [0.1, 0.15) is 22.8 Å². The standard InChI is InChI=1S/C23H22N2O/c24-16-22(23(26)21-14-8-3-9-15-21)25(17-19-10-4-1-5-11-19)18-20-12-6-2-7-13-20/h1-15,22-23,26H,17-18H2/t22-,23+/m1/s1. The molecule has 0 unspecified atom stereocenters. The molecular weight excluding hydrogens is 320 g/mol. The molecule has 0 aromatic heterocycles. The number of hydrogen-bond acceptors (Lipinski definition) is 3. The predicted octanol–water partition coefficient (Wildman–Crippen LogP) is 4.31. The molecular formula is C23H22N2O. The van der Waals surface area contributed by atoms with Gasteiger partial charge in [0.25, 0.3) is 0 Å². The van der Waals surface area contributed by atoms with Crippen LogP contribution in [-0.4, -0.2) is 16.0 Å². The molecule has 3 rings (SSSR count). The molecule has 0 aliphatic rings. The van der Waals surface area contributed by atoms with Crippen LogP contribution in [0.3, 0.4) is 0 Å². The van der Waals surface area contributed by atoms with Crippen LogP contribution in [0.15, 0.2) is 91.0 Å². The minimum Gasteiger partial charge on any atom is -0.386 e. The van der Waals surface area contributed by atoms with E-state index in [0.717, 1.165) is 16.7 Å². The number of aliphatic hydroxyl groups excluding tert-OH is 1. The third-order valence-electron chi connectivity index (χ3n) is 4.42. The lowest BCUT2D eigenvalue weighted by Gasteiger charge is -2.30. The van der Waals surface area contributed by atoms with E-state index in [9.17, 15) is 10.4 Å². The highest BCUT2D eigenvalue weighted by atomic mass is 16.3. The quantitative estimate of drug-likeness (QED) is 0.696. The monoisotopic (exact) mass is 342 g/mol. The maximum atomic E-state index is 10.8. The summed E-state index contributed by atoms with van der Waals surface area (Å²) in [7, 11) is 0. The molecule has 3 heteroatoms. The molecule has 0 aliphatic heterocycles. The first-order chi connectivity index (χ1) is 12.8. The van der Waals surface area contributed by atoms with Gasteiger partial charge in [-0.15, -0.1) is 0 Å². The summed E-state index contributed by atoms with van der Waals surface area (Å²) in [6.07, 6.45) is -0.867. The van der Waals surface area contributed by atoms with Crippen molar-refractivity contribution in [1.82, 2.24) is 4.90 Å². The molecule has 130 valence electrons. The van der Waals surface area contributed by atoms with Gasteiger partial charge >= 0.3 is 0 Å². The van der Waals surface area contributed by atoms with E-state index >= 15 is 0 Å². The molecule has 0 bridgehead atoms. The molecule has 3 aromatic rings.